The predicted octanol–water partition coefficient (Wildman–Crippen LogP) is 4.48. The fourth-order valence-electron chi connectivity index (χ4n) is 3.09. The Morgan fingerprint density at radius 3 is 2.33 bits per heavy atom. The lowest BCUT2D eigenvalue weighted by atomic mass is 10.0. The Bertz CT molecular complexity index is 933. The number of para-hydroxylation sites is 2. The first-order valence-electron chi connectivity index (χ1n) is 11.3. The van der Waals surface area contributed by atoms with Crippen LogP contribution in [0.2, 0.25) is 0 Å². The second kappa shape index (κ2) is 14.1. The minimum absolute atomic E-state index is 0.0336. The van der Waals surface area contributed by atoms with E-state index >= 15 is 0 Å². The molecule has 0 aliphatic carbocycles. The molecule has 0 heterocycles. The molecule has 0 bridgehead atoms. The summed E-state index contributed by atoms with van der Waals surface area (Å²) in [6.07, 6.45) is 4.33. The average molecular weight is 472 g/mol. The van der Waals surface area contributed by atoms with Crippen molar-refractivity contribution in [3.63, 3.8) is 0 Å². The van der Waals surface area contributed by atoms with Crippen LogP contribution in [0.3, 0.4) is 0 Å². The number of amides is 2. The molecule has 0 saturated heterocycles. The standard InChI is InChI=1S/C25H33N3O4S/c1-4-5-6-11-16-31-22-15-10-8-13-20(22)24(30)26-25(33)28-27-23(29)17-32-21-14-9-7-12-19(21)18(2)3/h7-10,12-15,18H,4-6,11,16-17H2,1-3H3,(H,27,29)(H2,26,28,30,33). The summed E-state index contributed by atoms with van der Waals surface area (Å²) in [5.74, 6) is 0.572. The average Bonchev–Trinajstić information content (AvgIpc) is 2.81. The molecule has 0 atom stereocenters. The molecule has 0 aliphatic heterocycles. The number of ether oxygens (including phenoxy) is 2. The smallest absolute Gasteiger partial charge is 0.276 e. The Morgan fingerprint density at radius 1 is 0.909 bits per heavy atom. The molecule has 0 aromatic heterocycles. The number of carbonyl (C=O) groups excluding carboxylic acids is 2. The van der Waals surface area contributed by atoms with Crippen LogP contribution in [0.25, 0.3) is 0 Å². The van der Waals surface area contributed by atoms with E-state index in [1.807, 2.05) is 30.3 Å². The van der Waals surface area contributed by atoms with Gasteiger partial charge in [-0.3, -0.25) is 25.8 Å². The maximum absolute atomic E-state index is 12.6. The summed E-state index contributed by atoms with van der Waals surface area (Å²) in [4.78, 5) is 24.7. The van der Waals surface area contributed by atoms with Crippen molar-refractivity contribution in [3.05, 3.63) is 59.7 Å². The van der Waals surface area contributed by atoms with E-state index < -0.39 is 11.8 Å². The van der Waals surface area contributed by atoms with Crippen LogP contribution in [0.1, 0.15) is 68.3 Å². The first kappa shape index (κ1) is 26.1. The number of carbonyl (C=O) groups is 2. The van der Waals surface area contributed by atoms with E-state index in [1.165, 1.54) is 0 Å². The number of rotatable bonds is 11. The highest BCUT2D eigenvalue weighted by molar-refractivity contribution is 7.80. The monoisotopic (exact) mass is 471 g/mol. The van der Waals surface area contributed by atoms with E-state index in [0.717, 1.165) is 31.2 Å². The number of hydrogen-bond acceptors (Lipinski definition) is 5. The van der Waals surface area contributed by atoms with Gasteiger partial charge in [0.15, 0.2) is 11.7 Å². The third-order valence-electron chi connectivity index (χ3n) is 4.83. The van der Waals surface area contributed by atoms with E-state index in [4.69, 9.17) is 21.7 Å². The minimum atomic E-state index is -0.430. The highest BCUT2D eigenvalue weighted by atomic mass is 32.1. The van der Waals surface area contributed by atoms with Crippen molar-refractivity contribution in [2.45, 2.75) is 52.4 Å². The van der Waals surface area contributed by atoms with Crippen molar-refractivity contribution >= 4 is 29.1 Å². The van der Waals surface area contributed by atoms with Gasteiger partial charge in [-0.15, -0.1) is 0 Å². The van der Waals surface area contributed by atoms with Crippen LogP contribution in [0, 0.1) is 0 Å². The van der Waals surface area contributed by atoms with E-state index in [-0.39, 0.29) is 17.6 Å². The SMILES string of the molecule is CCCCCCOc1ccccc1C(=O)NC(=S)NNC(=O)COc1ccccc1C(C)C. The third kappa shape index (κ3) is 9.10. The fraction of sp³-hybridized carbons (Fsp3) is 0.400. The molecular weight excluding hydrogens is 438 g/mol. The van der Waals surface area contributed by atoms with Crippen LogP contribution in [-0.2, 0) is 4.79 Å². The van der Waals surface area contributed by atoms with Crippen molar-refractivity contribution in [2.24, 2.45) is 0 Å². The van der Waals surface area contributed by atoms with Crippen LogP contribution in [-0.4, -0.2) is 30.1 Å². The molecule has 33 heavy (non-hydrogen) atoms. The summed E-state index contributed by atoms with van der Waals surface area (Å²) in [6.45, 7) is 6.62. The van der Waals surface area contributed by atoms with Crippen LogP contribution < -0.4 is 25.6 Å². The molecule has 7 nitrogen and oxygen atoms in total. The molecule has 0 unspecified atom stereocenters. The second-order valence-corrected chi connectivity index (χ2v) is 8.25. The van der Waals surface area contributed by atoms with Gasteiger partial charge < -0.3 is 9.47 Å². The largest absolute Gasteiger partial charge is 0.493 e. The van der Waals surface area contributed by atoms with Crippen molar-refractivity contribution < 1.29 is 19.1 Å². The second-order valence-electron chi connectivity index (χ2n) is 7.84. The van der Waals surface area contributed by atoms with Gasteiger partial charge in [0.2, 0.25) is 0 Å². The summed E-state index contributed by atoms with van der Waals surface area (Å²) in [5, 5.41) is 2.51. The molecule has 0 saturated carbocycles. The summed E-state index contributed by atoms with van der Waals surface area (Å²) in [6, 6.07) is 14.6. The zero-order chi connectivity index (χ0) is 24.1. The molecule has 0 spiro atoms. The van der Waals surface area contributed by atoms with Gasteiger partial charge >= 0.3 is 0 Å². The van der Waals surface area contributed by atoms with Gasteiger partial charge in [-0.1, -0.05) is 70.4 Å². The predicted molar refractivity (Wildman–Crippen MR) is 133 cm³/mol. The quantitative estimate of drug-likeness (QED) is 0.254. The number of hydrazine groups is 1. The maximum atomic E-state index is 12.6. The van der Waals surface area contributed by atoms with Gasteiger partial charge in [-0.05, 0) is 48.3 Å². The molecule has 0 aliphatic rings. The lowest BCUT2D eigenvalue weighted by Gasteiger charge is -2.15. The number of hydrogen-bond donors (Lipinski definition) is 3. The first-order chi connectivity index (χ1) is 15.9. The van der Waals surface area contributed by atoms with E-state index in [0.29, 0.717) is 23.7 Å². The Labute approximate surface area is 201 Å². The third-order valence-corrected chi connectivity index (χ3v) is 5.03. The molecule has 8 heteroatoms. The minimum Gasteiger partial charge on any atom is -0.493 e. The van der Waals surface area contributed by atoms with Crippen LogP contribution in [0.5, 0.6) is 11.5 Å². The molecule has 178 valence electrons. The molecule has 0 fully saturated rings. The normalized spacial score (nSPS) is 10.4. The van der Waals surface area contributed by atoms with Crippen LogP contribution >= 0.6 is 12.2 Å². The number of thiocarbonyl (C=S) groups is 1. The van der Waals surface area contributed by atoms with E-state index in [2.05, 4.69) is 36.9 Å². The first-order valence-corrected chi connectivity index (χ1v) is 11.7. The van der Waals surface area contributed by atoms with Gasteiger partial charge in [0.1, 0.15) is 11.5 Å². The molecule has 2 rings (SSSR count). The van der Waals surface area contributed by atoms with Gasteiger partial charge in [-0.2, -0.15) is 0 Å². The molecule has 0 radical (unpaired) electrons. The Hall–Kier alpha value is -3.13. The Kier molecular flexibility index (Phi) is 11.2. The summed E-state index contributed by atoms with van der Waals surface area (Å²) in [5.41, 5.74) is 6.34. The molecule has 2 aromatic carbocycles. The molecule has 2 aromatic rings. The molecule has 2 amide bonds. The molecule has 3 N–H and O–H groups in total. The van der Waals surface area contributed by atoms with Crippen LogP contribution in [0.15, 0.2) is 48.5 Å². The number of unbranched alkanes of at least 4 members (excludes halogenated alkanes) is 3. The highest BCUT2D eigenvalue weighted by Gasteiger charge is 2.14. The zero-order valence-electron chi connectivity index (χ0n) is 19.5. The Balaban J connectivity index is 1.79. The summed E-state index contributed by atoms with van der Waals surface area (Å²) in [7, 11) is 0. The highest BCUT2D eigenvalue weighted by Crippen LogP contribution is 2.25. The van der Waals surface area contributed by atoms with E-state index in [9.17, 15) is 9.59 Å². The van der Waals surface area contributed by atoms with E-state index in [1.54, 1.807) is 18.2 Å². The van der Waals surface area contributed by atoms with Crippen LogP contribution in [0.4, 0.5) is 0 Å². The summed E-state index contributed by atoms with van der Waals surface area (Å²) >= 11 is 5.12. The van der Waals surface area contributed by atoms with Gasteiger partial charge in [0, 0.05) is 0 Å². The van der Waals surface area contributed by atoms with Crippen molar-refractivity contribution in [1.82, 2.24) is 16.2 Å². The van der Waals surface area contributed by atoms with Gasteiger partial charge in [0.05, 0.1) is 12.2 Å². The van der Waals surface area contributed by atoms with Crippen molar-refractivity contribution in [3.8, 4) is 11.5 Å². The van der Waals surface area contributed by atoms with Gasteiger partial charge in [-0.25, -0.2) is 0 Å². The topological polar surface area (TPSA) is 88.7 Å². The number of nitrogens with one attached hydrogen (secondary N) is 3. The number of benzene rings is 2. The Morgan fingerprint density at radius 2 is 1.61 bits per heavy atom. The fourth-order valence-corrected chi connectivity index (χ4v) is 3.23. The lowest BCUT2D eigenvalue weighted by Crippen LogP contribution is -2.49. The lowest BCUT2D eigenvalue weighted by molar-refractivity contribution is -0.123. The summed E-state index contributed by atoms with van der Waals surface area (Å²) < 4.78 is 11.4. The van der Waals surface area contributed by atoms with Gasteiger partial charge in [0.25, 0.3) is 11.8 Å². The molecular formula is C25H33N3O4S. The maximum Gasteiger partial charge on any atom is 0.276 e. The van der Waals surface area contributed by atoms with Crippen molar-refractivity contribution in [1.29, 1.82) is 0 Å². The van der Waals surface area contributed by atoms with Crippen molar-refractivity contribution in [2.75, 3.05) is 13.2 Å². The zero-order valence-corrected chi connectivity index (χ0v) is 20.3.